The van der Waals surface area contributed by atoms with Gasteiger partial charge in [0, 0.05) is 25.7 Å². The highest BCUT2D eigenvalue weighted by atomic mass is 16.5. The topological polar surface area (TPSA) is 38.7 Å². The first-order chi connectivity index (χ1) is 5.92. The average molecular weight is 172 g/mol. The quantitative estimate of drug-likeness (QED) is 0.661. The van der Waals surface area contributed by atoms with E-state index in [-0.39, 0.29) is 18.8 Å². The van der Waals surface area contributed by atoms with Gasteiger partial charge in [-0.3, -0.25) is 0 Å². The van der Waals surface area contributed by atoms with Gasteiger partial charge < -0.3 is 14.6 Å². The molecule has 0 radical (unpaired) electrons. The lowest BCUT2D eigenvalue weighted by molar-refractivity contribution is -0.0403. The molecule has 3 nitrogen and oxygen atoms in total. The molecule has 2 aliphatic heterocycles. The summed E-state index contributed by atoms with van der Waals surface area (Å²) in [5.74, 6) is 0.313. The number of aliphatic hydroxyl groups excluding tert-OH is 1. The number of hydrogen-bond donors (Lipinski definition) is 1. The summed E-state index contributed by atoms with van der Waals surface area (Å²) in [4.78, 5) is 0. The zero-order chi connectivity index (χ0) is 8.39. The van der Waals surface area contributed by atoms with Gasteiger partial charge in [0.25, 0.3) is 0 Å². The smallest absolute Gasteiger partial charge is 0.0887 e. The van der Waals surface area contributed by atoms with Crippen LogP contribution in [0, 0.1) is 5.92 Å². The molecule has 2 rings (SSSR count). The van der Waals surface area contributed by atoms with Gasteiger partial charge >= 0.3 is 0 Å². The highest BCUT2D eigenvalue weighted by Gasteiger charge is 2.36. The fraction of sp³-hybridized carbons (Fsp3) is 1.00. The van der Waals surface area contributed by atoms with E-state index in [1.54, 1.807) is 0 Å². The minimum absolute atomic E-state index is 0.164. The van der Waals surface area contributed by atoms with Crippen LogP contribution in [0.15, 0.2) is 0 Å². The Balaban J connectivity index is 1.92. The highest BCUT2D eigenvalue weighted by Crippen LogP contribution is 2.29. The van der Waals surface area contributed by atoms with Crippen LogP contribution in [-0.2, 0) is 9.47 Å². The number of rotatable bonds is 2. The van der Waals surface area contributed by atoms with Crippen LogP contribution in [0.25, 0.3) is 0 Å². The predicted octanol–water partition coefficient (Wildman–Crippen LogP) is 0.563. The van der Waals surface area contributed by atoms with Crippen molar-refractivity contribution in [2.24, 2.45) is 5.92 Å². The fourth-order valence-corrected chi connectivity index (χ4v) is 2.12. The average Bonchev–Trinajstić information content (AvgIpc) is 2.74. The first kappa shape index (κ1) is 8.48. The van der Waals surface area contributed by atoms with Crippen molar-refractivity contribution in [2.45, 2.75) is 31.5 Å². The third kappa shape index (κ3) is 1.49. The van der Waals surface area contributed by atoms with E-state index in [0.29, 0.717) is 5.92 Å². The van der Waals surface area contributed by atoms with Crippen molar-refractivity contribution in [3.8, 4) is 0 Å². The van der Waals surface area contributed by atoms with Crippen molar-refractivity contribution in [1.82, 2.24) is 0 Å². The zero-order valence-electron chi connectivity index (χ0n) is 7.24. The number of ether oxygens (including phenoxy) is 2. The van der Waals surface area contributed by atoms with Crippen molar-refractivity contribution < 1.29 is 14.6 Å². The Morgan fingerprint density at radius 3 is 2.75 bits per heavy atom. The Bertz CT molecular complexity index is 143. The van der Waals surface area contributed by atoms with Gasteiger partial charge in [0.05, 0.1) is 12.2 Å². The van der Waals surface area contributed by atoms with Crippen molar-refractivity contribution in [3.63, 3.8) is 0 Å². The number of hydrogen-bond acceptors (Lipinski definition) is 3. The van der Waals surface area contributed by atoms with Gasteiger partial charge in [0.2, 0.25) is 0 Å². The molecule has 0 aromatic carbocycles. The van der Waals surface area contributed by atoms with Crippen LogP contribution in [-0.4, -0.2) is 37.1 Å². The van der Waals surface area contributed by atoms with Gasteiger partial charge in [0.1, 0.15) is 0 Å². The standard InChI is InChI=1S/C9H16O3/c10-6-7-3-5-12-9(7)8-2-1-4-11-8/h7-10H,1-6H2. The van der Waals surface area contributed by atoms with Crippen LogP contribution in [0.2, 0.25) is 0 Å². The molecule has 0 aromatic heterocycles. The third-order valence-electron chi connectivity index (χ3n) is 2.83. The summed E-state index contributed by atoms with van der Waals surface area (Å²) in [5.41, 5.74) is 0. The molecule has 2 heterocycles. The normalized spacial score (nSPS) is 42.2. The Morgan fingerprint density at radius 2 is 2.08 bits per heavy atom. The Labute approximate surface area is 72.7 Å². The molecule has 0 aromatic rings. The van der Waals surface area contributed by atoms with Crippen LogP contribution >= 0.6 is 0 Å². The van der Waals surface area contributed by atoms with Gasteiger partial charge in [-0.25, -0.2) is 0 Å². The van der Waals surface area contributed by atoms with E-state index < -0.39 is 0 Å². The molecule has 2 saturated heterocycles. The third-order valence-corrected chi connectivity index (χ3v) is 2.83. The van der Waals surface area contributed by atoms with E-state index in [2.05, 4.69) is 0 Å². The van der Waals surface area contributed by atoms with E-state index in [9.17, 15) is 0 Å². The van der Waals surface area contributed by atoms with Gasteiger partial charge in [-0.2, -0.15) is 0 Å². The van der Waals surface area contributed by atoms with Crippen LogP contribution in [0.4, 0.5) is 0 Å². The van der Waals surface area contributed by atoms with E-state index in [0.717, 1.165) is 32.5 Å². The minimum Gasteiger partial charge on any atom is -0.396 e. The largest absolute Gasteiger partial charge is 0.396 e. The first-order valence-electron chi connectivity index (χ1n) is 4.76. The summed E-state index contributed by atoms with van der Waals surface area (Å²) in [6, 6.07) is 0. The second kappa shape index (κ2) is 3.73. The maximum atomic E-state index is 9.06. The van der Waals surface area contributed by atoms with Crippen molar-refractivity contribution in [2.75, 3.05) is 19.8 Å². The van der Waals surface area contributed by atoms with Crippen molar-refractivity contribution >= 4 is 0 Å². The van der Waals surface area contributed by atoms with Gasteiger partial charge in [-0.15, -0.1) is 0 Å². The molecule has 0 bridgehead atoms. The second-order valence-corrected chi connectivity index (χ2v) is 3.62. The summed E-state index contributed by atoms with van der Waals surface area (Å²) in [6.07, 6.45) is 3.65. The highest BCUT2D eigenvalue weighted by molar-refractivity contribution is 4.84. The van der Waals surface area contributed by atoms with Crippen LogP contribution in [0.5, 0.6) is 0 Å². The van der Waals surface area contributed by atoms with Crippen LogP contribution < -0.4 is 0 Å². The lowest BCUT2D eigenvalue weighted by atomic mass is 9.97. The molecule has 0 aliphatic carbocycles. The molecule has 2 fully saturated rings. The molecule has 70 valence electrons. The minimum atomic E-state index is 0.164. The molecule has 3 unspecified atom stereocenters. The molecule has 12 heavy (non-hydrogen) atoms. The molecule has 0 spiro atoms. The molecule has 3 atom stereocenters. The summed E-state index contributed by atoms with van der Waals surface area (Å²) < 4.78 is 11.1. The fourth-order valence-electron chi connectivity index (χ4n) is 2.12. The SMILES string of the molecule is OCC1CCOC1C1CCCO1. The summed E-state index contributed by atoms with van der Waals surface area (Å²) >= 11 is 0. The van der Waals surface area contributed by atoms with E-state index in [4.69, 9.17) is 14.6 Å². The molecule has 3 heteroatoms. The maximum absolute atomic E-state index is 9.06. The first-order valence-corrected chi connectivity index (χ1v) is 4.76. The maximum Gasteiger partial charge on any atom is 0.0887 e. The van der Waals surface area contributed by atoms with Crippen molar-refractivity contribution in [3.05, 3.63) is 0 Å². The summed E-state index contributed by atoms with van der Waals surface area (Å²) in [6.45, 7) is 1.89. The number of aliphatic hydroxyl groups is 1. The van der Waals surface area contributed by atoms with Gasteiger partial charge in [-0.05, 0) is 19.3 Å². The van der Waals surface area contributed by atoms with Gasteiger partial charge in [-0.1, -0.05) is 0 Å². The molecule has 1 N–H and O–H groups in total. The zero-order valence-corrected chi connectivity index (χ0v) is 7.24. The monoisotopic (exact) mass is 172 g/mol. The predicted molar refractivity (Wildman–Crippen MR) is 43.9 cm³/mol. The molecular weight excluding hydrogens is 156 g/mol. The summed E-state index contributed by atoms with van der Waals surface area (Å²) in [5, 5.41) is 9.06. The summed E-state index contributed by atoms with van der Waals surface area (Å²) in [7, 11) is 0. The Kier molecular flexibility index (Phi) is 2.63. The van der Waals surface area contributed by atoms with E-state index >= 15 is 0 Å². The Morgan fingerprint density at radius 1 is 1.17 bits per heavy atom. The molecular formula is C9H16O3. The lowest BCUT2D eigenvalue weighted by Gasteiger charge is -2.22. The Hall–Kier alpha value is -0.120. The van der Waals surface area contributed by atoms with Crippen molar-refractivity contribution in [1.29, 1.82) is 0 Å². The molecule has 0 saturated carbocycles. The molecule has 0 amide bonds. The molecule has 2 aliphatic rings. The van der Waals surface area contributed by atoms with Gasteiger partial charge in [0.15, 0.2) is 0 Å². The van der Waals surface area contributed by atoms with Crippen LogP contribution in [0.3, 0.4) is 0 Å². The van der Waals surface area contributed by atoms with E-state index in [1.165, 1.54) is 0 Å². The lowest BCUT2D eigenvalue weighted by Crippen LogP contribution is -2.32. The van der Waals surface area contributed by atoms with E-state index in [1.807, 2.05) is 0 Å². The van der Waals surface area contributed by atoms with Crippen LogP contribution in [0.1, 0.15) is 19.3 Å². The second-order valence-electron chi connectivity index (χ2n) is 3.62.